The van der Waals surface area contributed by atoms with Crippen molar-refractivity contribution in [1.29, 1.82) is 0 Å². The molecule has 0 atom stereocenters. The Morgan fingerprint density at radius 1 is 1.35 bits per heavy atom. The fourth-order valence-electron chi connectivity index (χ4n) is 3.55. The highest BCUT2D eigenvalue weighted by Gasteiger charge is 2.30. The van der Waals surface area contributed by atoms with Crippen molar-refractivity contribution in [3.63, 3.8) is 0 Å². The van der Waals surface area contributed by atoms with Crippen molar-refractivity contribution < 1.29 is 18.7 Å². The molecule has 0 radical (unpaired) electrons. The largest absolute Gasteiger partial charge is 0.462 e. The van der Waals surface area contributed by atoms with Crippen molar-refractivity contribution in [2.75, 3.05) is 11.9 Å². The van der Waals surface area contributed by atoms with Gasteiger partial charge in [0.25, 0.3) is 5.91 Å². The van der Waals surface area contributed by atoms with E-state index in [1.165, 1.54) is 0 Å². The van der Waals surface area contributed by atoms with Crippen LogP contribution in [0.5, 0.6) is 0 Å². The molecule has 2 aliphatic rings. The first kappa shape index (κ1) is 16.9. The summed E-state index contributed by atoms with van der Waals surface area (Å²) in [7, 11) is 0. The third-order valence-electron chi connectivity index (χ3n) is 4.72. The molecule has 1 N–H and O–H groups in total. The lowest BCUT2D eigenvalue weighted by atomic mass is 9.94. The Bertz CT molecular complexity index is 942. The number of ether oxygens (including phenoxy) is 1. The predicted octanol–water partition coefficient (Wildman–Crippen LogP) is 4.48. The number of amides is 1. The molecule has 1 aliphatic carbocycles. The number of fused-ring (bicyclic) bond motifs is 2. The summed E-state index contributed by atoms with van der Waals surface area (Å²) in [6, 6.07) is 5.21. The molecule has 5 nitrogen and oxygen atoms in total. The van der Waals surface area contributed by atoms with E-state index in [-0.39, 0.29) is 12.5 Å². The molecule has 2 heterocycles. The highest BCUT2D eigenvalue weighted by molar-refractivity contribution is 6.36. The minimum Gasteiger partial charge on any atom is -0.462 e. The third kappa shape index (κ3) is 2.82. The van der Waals surface area contributed by atoms with Gasteiger partial charge in [0, 0.05) is 28.3 Å². The van der Waals surface area contributed by atoms with Gasteiger partial charge in [-0.2, -0.15) is 0 Å². The first-order chi connectivity index (χ1) is 12.6. The molecule has 1 aromatic carbocycles. The van der Waals surface area contributed by atoms with Gasteiger partial charge in [-0.15, -0.1) is 0 Å². The van der Waals surface area contributed by atoms with Gasteiger partial charge in [0.2, 0.25) is 0 Å². The first-order valence-corrected chi connectivity index (χ1v) is 9.11. The quantitative estimate of drug-likeness (QED) is 0.638. The average Bonchev–Trinajstić information content (AvgIpc) is 3.13. The number of benzene rings is 1. The van der Waals surface area contributed by atoms with Crippen LogP contribution in [0.3, 0.4) is 0 Å². The fourth-order valence-corrected chi connectivity index (χ4v) is 3.72. The fraction of sp³-hybridized carbons (Fsp3) is 0.300. The number of nitrogens with one attached hydrogen (secondary N) is 1. The van der Waals surface area contributed by atoms with Crippen LogP contribution in [0, 0.1) is 0 Å². The summed E-state index contributed by atoms with van der Waals surface area (Å²) in [5.74, 6) is 0.548. The minimum atomic E-state index is -0.407. The van der Waals surface area contributed by atoms with E-state index < -0.39 is 5.97 Å². The van der Waals surface area contributed by atoms with Gasteiger partial charge in [0.15, 0.2) is 0 Å². The predicted molar refractivity (Wildman–Crippen MR) is 99.3 cm³/mol. The van der Waals surface area contributed by atoms with Gasteiger partial charge >= 0.3 is 5.97 Å². The van der Waals surface area contributed by atoms with Gasteiger partial charge in [0.1, 0.15) is 17.1 Å². The number of carbonyl (C=O) groups excluding carboxylic acids is 2. The molecular formula is C20H18ClNO4. The van der Waals surface area contributed by atoms with E-state index in [1.54, 1.807) is 31.2 Å². The smallest absolute Gasteiger partial charge is 0.342 e. The van der Waals surface area contributed by atoms with Gasteiger partial charge in [-0.05, 0) is 50.5 Å². The lowest BCUT2D eigenvalue weighted by Gasteiger charge is -2.10. The molecular weight excluding hydrogens is 354 g/mol. The molecule has 0 unspecified atom stereocenters. The summed E-state index contributed by atoms with van der Waals surface area (Å²) in [5.41, 5.74) is 3.18. The summed E-state index contributed by atoms with van der Waals surface area (Å²) in [4.78, 5) is 24.9. The van der Waals surface area contributed by atoms with E-state index in [4.69, 9.17) is 20.8 Å². The second-order valence-electron chi connectivity index (χ2n) is 6.37. The molecule has 1 aliphatic heterocycles. The third-order valence-corrected chi connectivity index (χ3v) is 4.95. The van der Waals surface area contributed by atoms with Gasteiger partial charge in [-0.25, -0.2) is 4.79 Å². The van der Waals surface area contributed by atoms with E-state index in [1.807, 2.05) is 0 Å². The van der Waals surface area contributed by atoms with Crippen molar-refractivity contribution >= 4 is 40.8 Å². The second kappa shape index (κ2) is 6.65. The van der Waals surface area contributed by atoms with Crippen LogP contribution in [0.25, 0.3) is 11.6 Å². The number of aryl methyl sites for hydroxylation is 1. The number of furan rings is 1. The van der Waals surface area contributed by atoms with Crippen molar-refractivity contribution in [2.45, 2.75) is 32.6 Å². The maximum absolute atomic E-state index is 12.5. The Kier molecular flexibility index (Phi) is 4.32. The number of hydrogen-bond acceptors (Lipinski definition) is 4. The number of carbonyl (C=O) groups is 2. The molecule has 0 saturated carbocycles. The zero-order valence-corrected chi connectivity index (χ0v) is 15.1. The van der Waals surface area contributed by atoms with Gasteiger partial charge in [-0.1, -0.05) is 11.6 Å². The number of anilines is 1. The van der Waals surface area contributed by atoms with Crippen molar-refractivity contribution in [3.8, 4) is 0 Å². The second-order valence-corrected chi connectivity index (χ2v) is 6.81. The Hall–Kier alpha value is -2.53. The number of rotatable bonds is 3. The van der Waals surface area contributed by atoms with Crippen LogP contribution in [-0.2, 0) is 22.4 Å². The van der Waals surface area contributed by atoms with Gasteiger partial charge in [0.05, 0.1) is 12.2 Å². The van der Waals surface area contributed by atoms with Crippen LogP contribution in [0.15, 0.2) is 22.6 Å². The van der Waals surface area contributed by atoms with Crippen molar-refractivity contribution in [2.24, 2.45) is 0 Å². The van der Waals surface area contributed by atoms with Gasteiger partial charge < -0.3 is 14.5 Å². The lowest BCUT2D eigenvalue weighted by molar-refractivity contribution is -0.110. The lowest BCUT2D eigenvalue weighted by Crippen LogP contribution is -2.10. The number of halogens is 1. The molecule has 134 valence electrons. The Balaban J connectivity index is 1.85. The van der Waals surface area contributed by atoms with Crippen LogP contribution in [0.4, 0.5) is 5.69 Å². The molecule has 6 heteroatoms. The van der Waals surface area contributed by atoms with Gasteiger partial charge in [-0.3, -0.25) is 4.79 Å². The molecule has 1 amide bonds. The Morgan fingerprint density at radius 2 is 2.15 bits per heavy atom. The molecule has 1 aromatic heterocycles. The normalized spacial score (nSPS) is 17.0. The van der Waals surface area contributed by atoms with E-state index in [0.717, 1.165) is 37.0 Å². The number of hydrogen-bond donors (Lipinski definition) is 1. The molecule has 0 fully saturated rings. The van der Waals surface area contributed by atoms with Crippen LogP contribution >= 0.6 is 11.6 Å². The van der Waals surface area contributed by atoms with Crippen LogP contribution in [0.1, 0.15) is 52.8 Å². The maximum atomic E-state index is 12.5. The molecule has 0 bridgehead atoms. The van der Waals surface area contributed by atoms with E-state index in [0.29, 0.717) is 33.2 Å². The monoisotopic (exact) mass is 371 g/mol. The van der Waals surface area contributed by atoms with Crippen LogP contribution in [0.2, 0.25) is 5.02 Å². The van der Waals surface area contributed by atoms with Crippen molar-refractivity contribution in [3.05, 3.63) is 51.4 Å². The highest BCUT2D eigenvalue weighted by atomic mass is 35.5. The van der Waals surface area contributed by atoms with E-state index in [2.05, 4.69) is 5.32 Å². The summed E-state index contributed by atoms with van der Waals surface area (Å²) in [5, 5.41) is 3.34. The minimum absolute atomic E-state index is 0.244. The number of esters is 1. The molecule has 4 rings (SSSR count). The summed E-state index contributed by atoms with van der Waals surface area (Å²) >= 11 is 6.08. The standard InChI is InChI=1S/C20H18ClNO4/c1-2-25-20(24)18-12-5-3-4-6-16(12)26-17(18)10-14-13-9-11(21)7-8-15(13)22-19(14)23/h7-10H,2-6H2,1H3,(H,22,23). The molecule has 0 spiro atoms. The zero-order valence-electron chi connectivity index (χ0n) is 14.4. The Labute approximate surface area is 156 Å². The maximum Gasteiger partial charge on any atom is 0.342 e. The average molecular weight is 372 g/mol. The van der Waals surface area contributed by atoms with Crippen molar-refractivity contribution in [1.82, 2.24) is 0 Å². The summed E-state index contributed by atoms with van der Waals surface area (Å²) < 4.78 is 11.2. The van der Waals surface area contributed by atoms with E-state index >= 15 is 0 Å². The summed E-state index contributed by atoms with van der Waals surface area (Å²) in [6.45, 7) is 2.05. The van der Waals surface area contributed by atoms with Crippen LogP contribution in [-0.4, -0.2) is 18.5 Å². The van der Waals surface area contributed by atoms with E-state index in [9.17, 15) is 9.59 Å². The van der Waals surface area contributed by atoms with Crippen LogP contribution < -0.4 is 5.32 Å². The Morgan fingerprint density at radius 3 is 2.96 bits per heavy atom. The molecule has 26 heavy (non-hydrogen) atoms. The zero-order chi connectivity index (χ0) is 18.3. The SMILES string of the molecule is CCOC(=O)c1c(C=C2C(=O)Nc3ccc(Cl)cc32)oc2c1CCCC2. The molecule has 0 saturated heterocycles. The molecule has 2 aromatic rings. The first-order valence-electron chi connectivity index (χ1n) is 8.73. The highest BCUT2D eigenvalue weighted by Crippen LogP contribution is 2.37. The summed E-state index contributed by atoms with van der Waals surface area (Å²) in [6.07, 6.45) is 5.23. The topological polar surface area (TPSA) is 68.5 Å².